The van der Waals surface area contributed by atoms with E-state index in [4.69, 9.17) is 4.74 Å². The van der Waals surface area contributed by atoms with Crippen molar-refractivity contribution in [2.75, 3.05) is 20.3 Å². The van der Waals surface area contributed by atoms with E-state index in [0.717, 1.165) is 25.7 Å². The Kier molecular flexibility index (Phi) is 4.80. The van der Waals surface area contributed by atoms with E-state index in [2.05, 4.69) is 5.32 Å². The molecular formula is C14H24N2O3. The van der Waals surface area contributed by atoms with E-state index in [-0.39, 0.29) is 23.9 Å². The summed E-state index contributed by atoms with van der Waals surface area (Å²) in [5.41, 5.74) is 0. The zero-order valence-electron chi connectivity index (χ0n) is 11.9. The number of carbonyl (C=O) groups excluding carboxylic acids is 2. The predicted octanol–water partition coefficient (Wildman–Crippen LogP) is 0.929. The first kappa shape index (κ1) is 14.3. The molecule has 2 rings (SSSR count). The lowest BCUT2D eigenvalue weighted by atomic mass is 10.0. The molecule has 2 fully saturated rings. The van der Waals surface area contributed by atoms with Crippen molar-refractivity contribution < 1.29 is 14.3 Å². The number of hydrogen-bond acceptors (Lipinski definition) is 3. The van der Waals surface area contributed by atoms with Crippen molar-refractivity contribution in [3.05, 3.63) is 0 Å². The lowest BCUT2D eigenvalue weighted by molar-refractivity contribution is -0.150. The molecule has 1 aliphatic carbocycles. The molecule has 2 amide bonds. The highest BCUT2D eigenvalue weighted by Crippen LogP contribution is 2.37. The van der Waals surface area contributed by atoms with E-state index in [0.29, 0.717) is 25.5 Å². The van der Waals surface area contributed by atoms with Gasteiger partial charge in [0.15, 0.2) is 0 Å². The number of carbonyl (C=O) groups is 2. The average molecular weight is 268 g/mol. The Morgan fingerprint density at radius 2 is 2.05 bits per heavy atom. The highest BCUT2D eigenvalue weighted by molar-refractivity contribution is 5.97. The van der Waals surface area contributed by atoms with Crippen molar-refractivity contribution in [2.24, 2.45) is 5.92 Å². The Hall–Kier alpha value is -1.10. The summed E-state index contributed by atoms with van der Waals surface area (Å²) in [5, 5.41) is 2.86. The summed E-state index contributed by atoms with van der Waals surface area (Å²) in [7, 11) is 1.68. The van der Waals surface area contributed by atoms with Gasteiger partial charge in [-0.3, -0.25) is 9.59 Å². The van der Waals surface area contributed by atoms with Gasteiger partial charge >= 0.3 is 0 Å². The Balaban J connectivity index is 1.99. The van der Waals surface area contributed by atoms with Crippen molar-refractivity contribution in [1.29, 1.82) is 0 Å². The number of ether oxygens (including phenoxy) is 1. The maximum absolute atomic E-state index is 12.4. The SMILES string of the molecule is CCC1NC(=O)C(C2CC2)N(CCCCOC)C1=O. The molecule has 1 saturated heterocycles. The van der Waals surface area contributed by atoms with Crippen LogP contribution in [-0.4, -0.2) is 49.1 Å². The molecule has 108 valence electrons. The lowest BCUT2D eigenvalue weighted by Crippen LogP contribution is -2.64. The molecule has 0 aromatic rings. The first-order valence-electron chi connectivity index (χ1n) is 7.28. The van der Waals surface area contributed by atoms with Crippen molar-refractivity contribution >= 4 is 11.8 Å². The summed E-state index contributed by atoms with van der Waals surface area (Å²) in [6, 6.07) is -0.553. The Labute approximate surface area is 114 Å². The van der Waals surface area contributed by atoms with Crippen molar-refractivity contribution in [3.8, 4) is 0 Å². The smallest absolute Gasteiger partial charge is 0.245 e. The lowest BCUT2D eigenvalue weighted by Gasteiger charge is -2.39. The molecule has 2 aliphatic rings. The molecule has 0 spiro atoms. The van der Waals surface area contributed by atoms with Gasteiger partial charge < -0.3 is 15.0 Å². The number of nitrogens with zero attached hydrogens (tertiary/aromatic N) is 1. The van der Waals surface area contributed by atoms with Crippen LogP contribution in [0.4, 0.5) is 0 Å². The summed E-state index contributed by atoms with van der Waals surface area (Å²) in [5.74, 6) is 0.515. The van der Waals surface area contributed by atoms with Crippen LogP contribution in [-0.2, 0) is 14.3 Å². The van der Waals surface area contributed by atoms with Gasteiger partial charge in [-0.25, -0.2) is 0 Å². The molecule has 0 aromatic heterocycles. The topological polar surface area (TPSA) is 58.6 Å². The fourth-order valence-corrected chi connectivity index (χ4v) is 2.73. The molecule has 1 N–H and O–H groups in total. The molecule has 19 heavy (non-hydrogen) atoms. The van der Waals surface area contributed by atoms with Crippen LogP contribution in [0, 0.1) is 5.92 Å². The third-order valence-electron chi connectivity index (χ3n) is 3.98. The first-order valence-corrected chi connectivity index (χ1v) is 7.28. The average Bonchev–Trinajstić information content (AvgIpc) is 3.22. The van der Waals surface area contributed by atoms with E-state index in [1.807, 2.05) is 11.8 Å². The second-order valence-corrected chi connectivity index (χ2v) is 5.48. The fourth-order valence-electron chi connectivity index (χ4n) is 2.73. The van der Waals surface area contributed by atoms with Crippen molar-refractivity contribution in [2.45, 2.75) is 51.1 Å². The van der Waals surface area contributed by atoms with E-state index in [1.54, 1.807) is 7.11 Å². The molecule has 5 nitrogen and oxygen atoms in total. The Bertz CT molecular complexity index is 342. The fraction of sp³-hybridized carbons (Fsp3) is 0.857. The third kappa shape index (κ3) is 3.26. The minimum Gasteiger partial charge on any atom is -0.385 e. The second-order valence-electron chi connectivity index (χ2n) is 5.48. The molecule has 5 heteroatoms. The summed E-state index contributed by atoms with van der Waals surface area (Å²) in [4.78, 5) is 26.4. The molecule has 0 bridgehead atoms. The van der Waals surface area contributed by atoms with Crippen LogP contribution in [0.25, 0.3) is 0 Å². The van der Waals surface area contributed by atoms with Crippen LogP contribution in [0.3, 0.4) is 0 Å². The number of unbranched alkanes of at least 4 members (excludes halogenated alkanes) is 1. The van der Waals surface area contributed by atoms with E-state index in [9.17, 15) is 9.59 Å². The number of nitrogens with one attached hydrogen (secondary N) is 1. The maximum atomic E-state index is 12.4. The van der Waals surface area contributed by atoms with Gasteiger partial charge in [0.2, 0.25) is 11.8 Å². The molecular weight excluding hydrogens is 244 g/mol. The molecule has 1 aliphatic heterocycles. The maximum Gasteiger partial charge on any atom is 0.245 e. The standard InChI is InChI=1S/C14H24N2O3/c1-3-11-14(18)16(8-4-5-9-19-2)12(10-6-7-10)13(17)15-11/h10-12H,3-9H2,1-2H3,(H,15,17). The van der Waals surface area contributed by atoms with Crippen LogP contribution in [0.15, 0.2) is 0 Å². The van der Waals surface area contributed by atoms with Gasteiger partial charge in [-0.15, -0.1) is 0 Å². The normalized spacial score (nSPS) is 27.6. The van der Waals surface area contributed by atoms with Gasteiger partial charge in [0.1, 0.15) is 12.1 Å². The molecule has 1 saturated carbocycles. The highest BCUT2D eigenvalue weighted by atomic mass is 16.5. The minimum atomic E-state index is -0.329. The van der Waals surface area contributed by atoms with Crippen LogP contribution < -0.4 is 5.32 Å². The van der Waals surface area contributed by atoms with Gasteiger partial charge in [-0.05, 0) is 38.0 Å². The number of rotatable bonds is 7. The van der Waals surface area contributed by atoms with Gasteiger partial charge in [0.25, 0.3) is 0 Å². The Morgan fingerprint density at radius 1 is 1.32 bits per heavy atom. The monoisotopic (exact) mass is 268 g/mol. The van der Waals surface area contributed by atoms with Crippen molar-refractivity contribution in [3.63, 3.8) is 0 Å². The molecule has 0 aromatic carbocycles. The predicted molar refractivity (Wildman–Crippen MR) is 71.6 cm³/mol. The van der Waals surface area contributed by atoms with E-state index < -0.39 is 0 Å². The highest BCUT2D eigenvalue weighted by Gasteiger charge is 2.46. The van der Waals surface area contributed by atoms with Gasteiger partial charge in [0, 0.05) is 20.3 Å². The molecule has 2 unspecified atom stereocenters. The quantitative estimate of drug-likeness (QED) is 0.699. The van der Waals surface area contributed by atoms with Crippen LogP contribution >= 0.6 is 0 Å². The first-order chi connectivity index (χ1) is 9.19. The summed E-state index contributed by atoms with van der Waals surface area (Å²) in [6.07, 6.45) is 4.62. The zero-order valence-corrected chi connectivity index (χ0v) is 11.9. The van der Waals surface area contributed by atoms with Crippen LogP contribution in [0.1, 0.15) is 39.0 Å². The summed E-state index contributed by atoms with van der Waals surface area (Å²) >= 11 is 0. The van der Waals surface area contributed by atoms with E-state index in [1.165, 1.54) is 0 Å². The van der Waals surface area contributed by atoms with Gasteiger partial charge in [0.05, 0.1) is 0 Å². The zero-order chi connectivity index (χ0) is 13.8. The molecule has 2 atom stereocenters. The largest absolute Gasteiger partial charge is 0.385 e. The minimum absolute atomic E-state index is 0.0423. The molecule has 0 radical (unpaired) electrons. The number of amides is 2. The molecule has 1 heterocycles. The van der Waals surface area contributed by atoms with Crippen LogP contribution in [0.5, 0.6) is 0 Å². The van der Waals surface area contributed by atoms with Crippen LogP contribution in [0.2, 0.25) is 0 Å². The summed E-state index contributed by atoms with van der Waals surface area (Å²) in [6.45, 7) is 3.32. The third-order valence-corrected chi connectivity index (χ3v) is 3.98. The number of methoxy groups -OCH3 is 1. The van der Waals surface area contributed by atoms with Gasteiger partial charge in [-0.1, -0.05) is 6.92 Å². The van der Waals surface area contributed by atoms with Gasteiger partial charge in [-0.2, -0.15) is 0 Å². The Morgan fingerprint density at radius 3 is 2.63 bits per heavy atom. The number of piperazine rings is 1. The van der Waals surface area contributed by atoms with Crippen molar-refractivity contribution in [1.82, 2.24) is 10.2 Å². The summed E-state index contributed by atoms with van der Waals surface area (Å²) < 4.78 is 5.03. The number of hydrogen-bond donors (Lipinski definition) is 1. The van der Waals surface area contributed by atoms with E-state index >= 15 is 0 Å². The second kappa shape index (κ2) is 6.37.